The van der Waals surface area contributed by atoms with E-state index in [0.717, 1.165) is 41.4 Å². The summed E-state index contributed by atoms with van der Waals surface area (Å²) >= 11 is 3.43. The predicted molar refractivity (Wildman–Crippen MR) is 105 cm³/mol. The van der Waals surface area contributed by atoms with Gasteiger partial charge in [-0.15, -0.1) is 0 Å². The van der Waals surface area contributed by atoms with Crippen molar-refractivity contribution in [3.63, 3.8) is 0 Å². The summed E-state index contributed by atoms with van der Waals surface area (Å²) in [4.78, 5) is 0.325. The van der Waals surface area contributed by atoms with E-state index < -0.39 is 10.0 Å². The van der Waals surface area contributed by atoms with Crippen molar-refractivity contribution in [1.82, 2.24) is 4.72 Å². The Labute approximate surface area is 158 Å². The third-order valence-corrected chi connectivity index (χ3v) is 6.63. The zero-order valence-electron chi connectivity index (χ0n) is 14.2. The minimum absolute atomic E-state index is 0.0927. The lowest BCUT2D eigenvalue weighted by Crippen LogP contribution is -2.48. The SMILES string of the molecule is Cc1ccc(S(=O)(=O)N[C@H]2CCCC[C@H]2Nc2ccc(Br)cc2)cc1. The minimum atomic E-state index is -3.51. The second-order valence-electron chi connectivity index (χ2n) is 6.58. The standard InChI is InChI=1S/C19H23BrN2O2S/c1-14-6-12-17(13-7-14)25(23,24)22-19-5-3-2-4-18(19)21-16-10-8-15(20)9-11-16/h6-13,18-19,21-22H,2-5H2,1H3/t18-,19+/m1/s1. The first-order valence-corrected chi connectivity index (χ1v) is 10.8. The minimum Gasteiger partial charge on any atom is -0.381 e. The van der Waals surface area contributed by atoms with Gasteiger partial charge in [0.05, 0.1) is 4.90 Å². The van der Waals surface area contributed by atoms with Gasteiger partial charge in [0.1, 0.15) is 0 Å². The second-order valence-corrected chi connectivity index (χ2v) is 9.21. The average Bonchev–Trinajstić information content (AvgIpc) is 2.59. The van der Waals surface area contributed by atoms with Gasteiger partial charge in [0.25, 0.3) is 0 Å². The Hall–Kier alpha value is -1.37. The summed E-state index contributed by atoms with van der Waals surface area (Å²) in [5.41, 5.74) is 2.06. The van der Waals surface area contributed by atoms with Crippen LogP contribution in [-0.4, -0.2) is 20.5 Å². The zero-order valence-corrected chi connectivity index (χ0v) is 16.6. The summed E-state index contributed by atoms with van der Waals surface area (Å²) in [6.45, 7) is 1.95. The number of rotatable bonds is 5. The number of sulfonamides is 1. The van der Waals surface area contributed by atoms with E-state index in [-0.39, 0.29) is 12.1 Å². The number of anilines is 1. The van der Waals surface area contributed by atoms with Crippen LogP contribution in [0.15, 0.2) is 57.9 Å². The van der Waals surface area contributed by atoms with Crippen LogP contribution in [0.3, 0.4) is 0 Å². The molecule has 0 heterocycles. The third kappa shape index (κ3) is 4.84. The topological polar surface area (TPSA) is 58.2 Å². The summed E-state index contributed by atoms with van der Waals surface area (Å²) in [6.07, 6.45) is 3.95. The molecular formula is C19H23BrN2O2S. The van der Waals surface area contributed by atoms with E-state index in [1.54, 1.807) is 12.1 Å². The van der Waals surface area contributed by atoms with Gasteiger partial charge in [0.2, 0.25) is 10.0 Å². The largest absolute Gasteiger partial charge is 0.381 e. The van der Waals surface area contributed by atoms with Gasteiger partial charge in [-0.2, -0.15) is 0 Å². The molecule has 2 aromatic rings. The lowest BCUT2D eigenvalue weighted by Gasteiger charge is -2.33. The van der Waals surface area contributed by atoms with Crippen LogP contribution in [0.5, 0.6) is 0 Å². The molecule has 0 unspecified atom stereocenters. The van der Waals surface area contributed by atoms with Crippen LogP contribution in [0, 0.1) is 6.92 Å². The Morgan fingerprint density at radius 2 is 1.52 bits per heavy atom. The Morgan fingerprint density at radius 3 is 2.16 bits per heavy atom. The molecule has 4 nitrogen and oxygen atoms in total. The van der Waals surface area contributed by atoms with Gasteiger partial charge in [-0.3, -0.25) is 0 Å². The monoisotopic (exact) mass is 422 g/mol. The van der Waals surface area contributed by atoms with Gasteiger partial charge in [-0.25, -0.2) is 13.1 Å². The van der Waals surface area contributed by atoms with Crippen LogP contribution in [0.4, 0.5) is 5.69 Å². The van der Waals surface area contributed by atoms with E-state index in [0.29, 0.717) is 4.90 Å². The summed E-state index contributed by atoms with van der Waals surface area (Å²) in [5, 5.41) is 3.49. The molecular weight excluding hydrogens is 400 g/mol. The lowest BCUT2D eigenvalue weighted by molar-refractivity contribution is 0.378. The molecule has 6 heteroatoms. The molecule has 0 bridgehead atoms. The highest BCUT2D eigenvalue weighted by Gasteiger charge is 2.29. The first-order chi connectivity index (χ1) is 11.9. The molecule has 2 aromatic carbocycles. The molecule has 0 spiro atoms. The van der Waals surface area contributed by atoms with E-state index in [1.165, 1.54) is 0 Å². The fraction of sp³-hybridized carbons (Fsp3) is 0.368. The van der Waals surface area contributed by atoms with Gasteiger partial charge < -0.3 is 5.32 Å². The second kappa shape index (κ2) is 7.89. The highest BCUT2D eigenvalue weighted by Crippen LogP contribution is 2.25. The van der Waals surface area contributed by atoms with Crippen molar-refractivity contribution in [1.29, 1.82) is 0 Å². The first kappa shape index (κ1) is 18.4. The summed E-state index contributed by atoms with van der Waals surface area (Å²) in [5.74, 6) is 0. The number of benzene rings is 2. The molecule has 134 valence electrons. The number of hydrogen-bond acceptors (Lipinski definition) is 3. The molecule has 1 aliphatic rings. The number of halogens is 1. The maximum Gasteiger partial charge on any atom is 0.240 e. The van der Waals surface area contributed by atoms with Gasteiger partial charge in [0.15, 0.2) is 0 Å². The lowest BCUT2D eigenvalue weighted by atomic mass is 9.91. The van der Waals surface area contributed by atoms with E-state index in [9.17, 15) is 8.42 Å². The van der Waals surface area contributed by atoms with E-state index in [1.807, 2.05) is 43.3 Å². The first-order valence-electron chi connectivity index (χ1n) is 8.55. The molecule has 1 fully saturated rings. The van der Waals surface area contributed by atoms with Crippen LogP contribution in [0.2, 0.25) is 0 Å². The molecule has 0 aromatic heterocycles. The maximum atomic E-state index is 12.7. The van der Waals surface area contributed by atoms with Crippen molar-refractivity contribution in [2.75, 3.05) is 5.32 Å². The van der Waals surface area contributed by atoms with Crippen LogP contribution in [-0.2, 0) is 10.0 Å². The molecule has 0 amide bonds. The average molecular weight is 423 g/mol. The normalized spacial score (nSPS) is 21.0. The maximum absolute atomic E-state index is 12.7. The molecule has 0 saturated heterocycles. The van der Waals surface area contributed by atoms with E-state index >= 15 is 0 Å². The summed E-state index contributed by atoms with van der Waals surface area (Å²) in [6, 6.07) is 14.9. The van der Waals surface area contributed by atoms with Crippen LogP contribution < -0.4 is 10.0 Å². The fourth-order valence-electron chi connectivity index (χ4n) is 3.19. The highest BCUT2D eigenvalue weighted by atomic mass is 79.9. The van der Waals surface area contributed by atoms with Gasteiger partial charge in [-0.05, 0) is 56.2 Å². The van der Waals surface area contributed by atoms with E-state index in [2.05, 4.69) is 26.0 Å². The number of hydrogen-bond donors (Lipinski definition) is 2. The van der Waals surface area contributed by atoms with Crippen molar-refractivity contribution >= 4 is 31.6 Å². The van der Waals surface area contributed by atoms with Crippen LogP contribution >= 0.6 is 15.9 Å². The number of aryl methyl sites for hydroxylation is 1. The van der Waals surface area contributed by atoms with Crippen molar-refractivity contribution < 1.29 is 8.42 Å². The Kier molecular flexibility index (Phi) is 5.81. The van der Waals surface area contributed by atoms with Crippen molar-refractivity contribution in [3.05, 3.63) is 58.6 Å². The molecule has 1 saturated carbocycles. The Bertz CT molecular complexity index is 804. The Balaban J connectivity index is 1.74. The predicted octanol–water partition coefficient (Wildman–Crippen LogP) is 4.46. The summed E-state index contributed by atoms with van der Waals surface area (Å²) < 4.78 is 29.4. The van der Waals surface area contributed by atoms with Gasteiger partial charge in [0, 0.05) is 22.2 Å². The van der Waals surface area contributed by atoms with Crippen LogP contribution in [0.25, 0.3) is 0 Å². The van der Waals surface area contributed by atoms with Crippen molar-refractivity contribution in [2.24, 2.45) is 0 Å². The molecule has 3 rings (SSSR count). The number of nitrogens with one attached hydrogen (secondary N) is 2. The quantitative estimate of drug-likeness (QED) is 0.747. The molecule has 0 radical (unpaired) electrons. The van der Waals surface area contributed by atoms with Gasteiger partial charge >= 0.3 is 0 Å². The summed E-state index contributed by atoms with van der Waals surface area (Å²) in [7, 11) is -3.51. The highest BCUT2D eigenvalue weighted by molar-refractivity contribution is 9.10. The fourth-order valence-corrected chi connectivity index (χ4v) is 4.77. The molecule has 0 aliphatic heterocycles. The van der Waals surface area contributed by atoms with Crippen molar-refractivity contribution in [3.8, 4) is 0 Å². The molecule has 1 aliphatic carbocycles. The molecule has 2 N–H and O–H groups in total. The zero-order chi connectivity index (χ0) is 17.9. The molecule has 2 atom stereocenters. The van der Waals surface area contributed by atoms with Crippen LogP contribution in [0.1, 0.15) is 31.2 Å². The van der Waals surface area contributed by atoms with Crippen molar-refractivity contribution in [2.45, 2.75) is 49.6 Å². The molecule has 25 heavy (non-hydrogen) atoms. The Morgan fingerprint density at radius 1 is 0.920 bits per heavy atom. The third-order valence-electron chi connectivity index (χ3n) is 4.60. The van der Waals surface area contributed by atoms with E-state index in [4.69, 9.17) is 0 Å². The van der Waals surface area contributed by atoms with Gasteiger partial charge in [-0.1, -0.05) is 46.5 Å². The smallest absolute Gasteiger partial charge is 0.240 e.